The van der Waals surface area contributed by atoms with Gasteiger partial charge in [-0.25, -0.2) is 0 Å². The molecule has 2 atom stereocenters. The SMILES string of the molecule is CC(C)Cc1ccc([C@@H](O)CN2CCCN3CCC[C@H]3C2)cc1. The predicted molar refractivity (Wildman–Crippen MR) is 95.6 cm³/mol. The van der Waals surface area contributed by atoms with Crippen LogP contribution < -0.4 is 0 Å². The third-order valence-corrected chi connectivity index (χ3v) is 5.33. The number of rotatable bonds is 5. The van der Waals surface area contributed by atoms with Crippen LogP contribution in [-0.2, 0) is 6.42 Å². The Morgan fingerprint density at radius 1 is 1.09 bits per heavy atom. The molecule has 2 saturated heterocycles. The number of β-amino-alcohol motifs (C(OH)–C–C–N with tert-alkyl or cyclic N) is 1. The van der Waals surface area contributed by atoms with Gasteiger partial charge in [-0.1, -0.05) is 38.1 Å². The standard InChI is InChI=1S/C20H32N2O/c1-16(2)13-17-6-8-18(9-7-17)20(23)15-21-10-4-12-22-11-3-5-19(22)14-21/h6-9,16,19-20,23H,3-5,10-15H2,1-2H3/t19-,20-/m0/s1. The Hall–Kier alpha value is -0.900. The lowest BCUT2D eigenvalue weighted by Gasteiger charge is -2.27. The zero-order valence-corrected chi connectivity index (χ0v) is 14.7. The van der Waals surface area contributed by atoms with Gasteiger partial charge in [0.25, 0.3) is 0 Å². The molecule has 0 radical (unpaired) electrons. The average molecular weight is 316 g/mol. The lowest BCUT2D eigenvalue weighted by Crippen LogP contribution is -2.38. The van der Waals surface area contributed by atoms with Gasteiger partial charge in [-0.3, -0.25) is 9.80 Å². The highest BCUT2D eigenvalue weighted by Crippen LogP contribution is 2.23. The van der Waals surface area contributed by atoms with E-state index >= 15 is 0 Å². The Balaban J connectivity index is 1.56. The van der Waals surface area contributed by atoms with Crippen LogP contribution in [0.5, 0.6) is 0 Å². The molecule has 2 aliphatic rings. The number of fused-ring (bicyclic) bond motifs is 1. The van der Waals surface area contributed by atoms with Crippen LogP contribution in [-0.4, -0.2) is 53.7 Å². The number of nitrogens with zero attached hydrogens (tertiary/aromatic N) is 2. The first kappa shape index (κ1) is 16.9. The molecule has 128 valence electrons. The summed E-state index contributed by atoms with van der Waals surface area (Å²) in [5, 5.41) is 10.6. The number of hydrogen-bond donors (Lipinski definition) is 1. The Kier molecular flexibility index (Phi) is 5.73. The van der Waals surface area contributed by atoms with E-state index in [0.717, 1.165) is 37.7 Å². The van der Waals surface area contributed by atoms with Crippen LogP contribution in [0.25, 0.3) is 0 Å². The molecule has 1 aromatic carbocycles. The summed E-state index contributed by atoms with van der Waals surface area (Å²) in [6.07, 6.45) is 4.65. The molecule has 0 aliphatic carbocycles. The molecule has 0 bridgehead atoms. The van der Waals surface area contributed by atoms with Crippen LogP contribution in [0, 0.1) is 5.92 Å². The van der Waals surface area contributed by atoms with E-state index < -0.39 is 0 Å². The van der Waals surface area contributed by atoms with E-state index in [0.29, 0.717) is 5.92 Å². The monoisotopic (exact) mass is 316 g/mol. The van der Waals surface area contributed by atoms with Gasteiger partial charge < -0.3 is 5.11 Å². The highest BCUT2D eigenvalue weighted by molar-refractivity contribution is 5.24. The van der Waals surface area contributed by atoms with Gasteiger partial charge in [-0.05, 0) is 62.4 Å². The van der Waals surface area contributed by atoms with Crippen molar-refractivity contribution in [2.75, 3.05) is 32.7 Å². The zero-order chi connectivity index (χ0) is 16.2. The summed E-state index contributed by atoms with van der Waals surface area (Å²) < 4.78 is 0. The van der Waals surface area contributed by atoms with Gasteiger partial charge in [0.2, 0.25) is 0 Å². The van der Waals surface area contributed by atoms with E-state index in [1.165, 1.54) is 37.9 Å². The van der Waals surface area contributed by atoms with Crippen molar-refractivity contribution in [2.24, 2.45) is 5.92 Å². The third-order valence-electron chi connectivity index (χ3n) is 5.33. The summed E-state index contributed by atoms with van der Waals surface area (Å²) in [6.45, 7) is 10.0. The minimum absolute atomic E-state index is 0.365. The van der Waals surface area contributed by atoms with Crippen molar-refractivity contribution in [3.05, 3.63) is 35.4 Å². The van der Waals surface area contributed by atoms with Crippen molar-refractivity contribution in [1.29, 1.82) is 0 Å². The van der Waals surface area contributed by atoms with E-state index in [1.807, 2.05) is 0 Å². The summed E-state index contributed by atoms with van der Waals surface area (Å²) in [7, 11) is 0. The molecule has 1 N–H and O–H groups in total. The van der Waals surface area contributed by atoms with Gasteiger partial charge in [0.1, 0.15) is 0 Å². The average Bonchev–Trinajstić information content (AvgIpc) is 2.86. The molecule has 2 fully saturated rings. The second-order valence-electron chi connectivity index (χ2n) is 7.80. The maximum Gasteiger partial charge on any atom is 0.0916 e. The fourth-order valence-electron chi connectivity index (χ4n) is 4.15. The van der Waals surface area contributed by atoms with Crippen LogP contribution in [0.4, 0.5) is 0 Å². The highest BCUT2D eigenvalue weighted by Gasteiger charge is 2.29. The van der Waals surface area contributed by atoms with Crippen molar-refractivity contribution in [1.82, 2.24) is 9.80 Å². The van der Waals surface area contributed by atoms with E-state index in [4.69, 9.17) is 0 Å². The molecule has 2 aliphatic heterocycles. The fourth-order valence-corrected chi connectivity index (χ4v) is 4.15. The number of benzene rings is 1. The van der Waals surface area contributed by atoms with E-state index in [-0.39, 0.29) is 6.10 Å². The van der Waals surface area contributed by atoms with E-state index in [9.17, 15) is 5.11 Å². The van der Waals surface area contributed by atoms with Gasteiger partial charge >= 0.3 is 0 Å². The Morgan fingerprint density at radius 2 is 1.83 bits per heavy atom. The van der Waals surface area contributed by atoms with Gasteiger partial charge in [0, 0.05) is 19.1 Å². The number of aliphatic hydroxyl groups excluding tert-OH is 1. The van der Waals surface area contributed by atoms with E-state index in [2.05, 4.69) is 47.9 Å². The first-order valence-electron chi connectivity index (χ1n) is 9.35. The van der Waals surface area contributed by atoms with Gasteiger partial charge in [0.15, 0.2) is 0 Å². The molecular weight excluding hydrogens is 284 g/mol. The molecule has 1 aromatic rings. The van der Waals surface area contributed by atoms with Crippen LogP contribution in [0.1, 0.15) is 50.3 Å². The van der Waals surface area contributed by atoms with Crippen molar-refractivity contribution >= 4 is 0 Å². The predicted octanol–water partition coefficient (Wildman–Crippen LogP) is 3.09. The van der Waals surface area contributed by atoms with E-state index in [1.54, 1.807) is 0 Å². The quantitative estimate of drug-likeness (QED) is 0.904. The topological polar surface area (TPSA) is 26.7 Å². The molecule has 0 aromatic heterocycles. The Morgan fingerprint density at radius 3 is 2.57 bits per heavy atom. The second kappa shape index (κ2) is 7.78. The minimum atomic E-state index is -0.365. The van der Waals surface area contributed by atoms with Gasteiger partial charge in [-0.2, -0.15) is 0 Å². The largest absolute Gasteiger partial charge is 0.387 e. The first-order valence-corrected chi connectivity index (χ1v) is 9.35. The maximum atomic E-state index is 10.6. The summed E-state index contributed by atoms with van der Waals surface area (Å²) in [5.41, 5.74) is 2.43. The Labute approximate surface area is 141 Å². The smallest absolute Gasteiger partial charge is 0.0916 e. The van der Waals surface area contributed by atoms with Crippen molar-refractivity contribution in [3.8, 4) is 0 Å². The molecule has 0 amide bonds. The third kappa shape index (κ3) is 4.56. The molecule has 0 saturated carbocycles. The lowest BCUT2D eigenvalue weighted by molar-refractivity contribution is 0.108. The molecule has 23 heavy (non-hydrogen) atoms. The minimum Gasteiger partial charge on any atom is -0.387 e. The van der Waals surface area contributed by atoms with Crippen molar-refractivity contribution in [2.45, 2.75) is 51.7 Å². The fraction of sp³-hybridized carbons (Fsp3) is 0.700. The van der Waals surface area contributed by atoms with Crippen LogP contribution >= 0.6 is 0 Å². The van der Waals surface area contributed by atoms with Crippen molar-refractivity contribution in [3.63, 3.8) is 0 Å². The lowest BCUT2D eigenvalue weighted by atomic mass is 10.00. The zero-order valence-electron chi connectivity index (χ0n) is 14.7. The molecular formula is C20H32N2O. The number of hydrogen-bond acceptors (Lipinski definition) is 3. The van der Waals surface area contributed by atoms with Crippen LogP contribution in [0.15, 0.2) is 24.3 Å². The summed E-state index contributed by atoms with van der Waals surface area (Å²) in [4.78, 5) is 5.12. The van der Waals surface area contributed by atoms with Crippen LogP contribution in [0.2, 0.25) is 0 Å². The van der Waals surface area contributed by atoms with Gasteiger partial charge in [-0.15, -0.1) is 0 Å². The normalized spacial score (nSPS) is 24.6. The summed E-state index contributed by atoms with van der Waals surface area (Å²) >= 11 is 0. The molecule has 3 rings (SSSR count). The molecule has 0 spiro atoms. The molecule has 0 unspecified atom stereocenters. The van der Waals surface area contributed by atoms with Crippen molar-refractivity contribution < 1.29 is 5.11 Å². The highest BCUT2D eigenvalue weighted by atomic mass is 16.3. The van der Waals surface area contributed by atoms with Crippen LogP contribution in [0.3, 0.4) is 0 Å². The molecule has 3 nitrogen and oxygen atoms in total. The second-order valence-corrected chi connectivity index (χ2v) is 7.80. The first-order chi connectivity index (χ1) is 11.1. The molecule has 3 heteroatoms. The maximum absolute atomic E-state index is 10.6. The molecule has 2 heterocycles. The Bertz CT molecular complexity index is 485. The number of aliphatic hydroxyl groups is 1. The summed E-state index contributed by atoms with van der Waals surface area (Å²) in [6, 6.07) is 9.31. The van der Waals surface area contributed by atoms with Gasteiger partial charge in [0.05, 0.1) is 6.10 Å². The summed E-state index contributed by atoms with van der Waals surface area (Å²) in [5.74, 6) is 0.678.